The standard InChI is InChI=1S/C29H24N4OS/c30-16-25(20-8-2-1-3-9-20)32-22-13-14-24-26(15-22)35-28-27(24)29(34)33(18-31-28)17-21-11-6-10-19-7-4-5-12-23(19)21/h1-12,18,22,25,32H,13-15,17H2. The second kappa shape index (κ2) is 9.10. The lowest BCUT2D eigenvalue weighted by Crippen LogP contribution is -2.36. The maximum atomic E-state index is 13.6. The molecular weight excluding hydrogens is 452 g/mol. The van der Waals surface area contributed by atoms with Crippen LogP contribution in [0.2, 0.25) is 0 Å². The number of nitrogens with zero attached hydrogens (tertiary/aromatic N) is 3. The van der Waals surface area contributed by atoms with E-state index in [1.54, 1.807) is 22.2 Å². The Morgan fingerprint density at radius 3 is 2.74 bits per heavy atom. The van der Waals surface area contributed by atoms with Gasteiger partial charge in [-0.25, -0.2) is 4.98 Å². The molecule has 0 amide bonds. The number of fused-ring (bicyclic) bond motifs is 4. The van der Waals surface area contributed by atoms with Gasteiger partial charge in [-0.05, 0) is 46.7 Å². The zero-order valence-corrected chi connectivity index (χ0v) is 20.0. The molecule has 0 fully saturated rings. The molecule has 0 saturated carbocycles. The van der Waals surface area contributed by atoms with E-state index in [2.05, 4.69) is 40.6 Å². The summed E-state index contributed by atoms with van der Waals surface area (Å²) in [7, 11) is 0. The normalized spacial score (nSPS) is 16.1. The van der Waals surface area contributed by atoms with Crippen LogP contribution >= 0.6 is 11.3 Å². The number of nitrogens with one attached hydrogen (secondary N) is 1. The minimum absolute atomic E-state index is 0.0334. The van der Waals surface area contributed by atoms with Gasteiger partial charge in [0.25, 0.3) is 5.56 Å². The summed E-state index contributed by atoms with van der Waals surface area (Å²) in [6.45, 7) is 0.499. The van der Waals surface area contributed by atoms with Gasteiger partial charge < -0.3 is 0 Å². The number of aromatic nitrogens is 2. The number of hydrogen-bond donors (Lipinski definition) is 1. The molecule has 6 rings (SSSR count). The fraction of sp³-hybridized carbons (Fsp3) is 0.207. The van der Waals surface area contributed by atoms with Crippen molar-refractivity contribution in [1.82, 2.24) is 14.9 Å². The van der Waals surface area contributed by atoms with E-state index in [9.17, 15) is 10.1 Å². The van der Waals surface area contributed by atoms with Crippen molar-refractivity contribution in [1.29, 1.82) is 5.26 Å². The number of hydrogen-bond acceptors (Lipinski definition) is 5. The molecule has 2 aromatic heterocycles. The van der Waals surface area contributed by atoms with Crippen LogP contribution in [0, 0.1) is 11.3 Å². The van der Waals surface area contributed by atoms with Gasteiger partial charge in [0.2, 0.25) is 0 Å². The second-order valence-corrected chi connectivity index (χ2v) is 10.2. The minimum atomic E-state index is -0.340. The maximum absolute atomic E-state index is 13.6. The predicted molar refractivity (Wildman–Crippen MR) is 141 cm³/mol. The van der Waals surface area contributed by atoms with Crippen LogP contribution in [0.5, 0.6) is 0 Å². The summed E-state index contributed by atoms with van der Waals surface area (Å²) < 4.78 is 1.74. The van der Waals surface area contributed by atoms with Crippen molar-refractivity contribution in [3.63, 3.8) is 0 Å². The SMILES string of the molecule is N#CC(NC1CCc2c(sc3ncn(Cc4cccc5ccccc45)c(=O)c23)C1)c1ccccc1. The molecule has 6 heteroatoms. The van der Waals surface area contributed by atoms with E-state index in [0.717, 1.165) is 51.6 Å². The molecule has 0 radical (unpaired) electrons. The van der Waals surface area contributed by atoms with Crippen molar-refractivity contribution in [3.8, 4) is 6.07 Å². The van der Waals surface area contributed by atoms with Gasteiger partial charge in [-0.2, -0.15) is 5.26 Å². The average Bonchev–Trinajstić information content (AvgIpc) is 3.28. The summed E-state index contributed by atoms with van der Waals surface area (Å²) in [5.41, 5.74) is 3.27. The molecule has 1 aliphatic carbocycles. The molecule has 2 unspecified atom stereocenters. The first kappa shape index (κ1) is 21.7. The van der Waals surface area contributed by atoms with Crippen LogP contribution in [0.15, 0.2) is 83.9 Å². The molecule has 1 aliphatic rings. The summed E-state index contributed by atoms with van der Waals surface area (Å²) in [4.78, 5) is 20.3. The topological polar surface area (TPSA) is 70.7 Å². The number of benzene rings is 3. The van der Waals surface area contributed by atoms with Gasteiger partial charge in [-0.15, -0.1) is 11.3 Å². The summed E-state index contributed by atoms with van der Waals surface area (Å²) in [5.74, 6) is 0. The van der Waals surface area contributed by atoms with E-state index in [4.69, 9.17) is 0 Å². The molecule has 172 valence electrons. The van der Waals surface area contributed by atoms with Crippen LogP contribution in [-0.2, 0) is 19.4 Å². The zero-order chi connectivity index (χ0) is 23.8. The monoisotopic (exact) mass is 476 g/mol. The summed E-state index contributed by atoms with van der Waals surface area (Å²) in [5, 5.41) is 16.3. The lowest BCUT2D eigenvalue weighted by Gasteiger charge is -2.26. The molecule has 2 atom stereocenters. The van der Waals surface area contributed by atoms with Crippen molar-refractivity contribution < 1.29 is 0 Å². The third-order valence-electron chi connectivity index (χ3n) is 6.92. The van der Waals surface area contributed by atoms with Gasteiger partial charge in [-0.1, -0.05) is 72.8 Å². The van der Waals surface area contributed by atoms with Gasteiger partial charge in [0.05, 0.1) is 24.3 Å². The van der Waals surface area contributed by atoms with Crippen molar-refractivity contribution >= 4 is 32.3 Å². The van der Waals surface area contributed by atoms with Crippen molar-refractivity contribution in [3.05, 3.63) is 111 Å². The highest BCUT2D eigenvalue weighted by molar-refractivity contribution is 7.18. The molecule has 5 nitrogen and oxygen atoms in total. The molecule has 3 aromatic carbocycles. The van der Waals surface area contributed by atoms with Gasteiger partial charge in [0.1, 0.15) is 10.9 Å². The van der Waals surface area contributed by atoms with E-state index >= 15 is 0 Å². The molecule has 0 saturated heterocycles. The summed E-state index contributed by atoms with van der Waals surface area (Å²) in [6, 6.07) is 26.6. The molecule has 0 spiro atoms. The predicted octanol–water partition coefficient (Wildman–Crippen LogP) is 5.37. The lowest BCUT2D eigenvalue weighted by atomic mass is 9.92. The van der Waals surface area contributed by atoms with Crippen LogP contribution in [0.25, 0.3) is 21.0 Å². The Labute approximate surface area is 207 Å². The highest BCUT2D eigenvalue weighted by Gasteiger charge is 2.27. The Kier molecular flexibility index (Phi) is 5.65. The second-order valence-electron chi connectivity index (χ2n) is 9.08. The lowest BCUT2D eigenvalue weighted by molar-refractivity contribution is 0.440. The quantitative estimate of drug-likeness (QED) is 0.370. The van der Waals surface area contributed by atoms with E-state index in [0.29, 0.717) is 6.54 Å². The molecule has 0 bridgehead atoms. The van der Waals surface area contributed by atoms with Crippen LogP contribution in [0.4, 0.5) is 0 Å². The average molecular weight is 477 g/mol. The first-order chi connectivity index (χ1) is 17.2. The van der Waals surface area contributed by atoms with Crippen molar-refractivity contribution in [2.45, 2.75) is 37.9 Å². The molecule has 1 N–H and O–H groups in total. The van der Waals surface area contributed by atoms with E-state index in [-0.39, 0.29) is 17.6 Å². The van der Waals surface area contributed by atoms with Crippen molar-refractivity contribution in [2.24, 2.45) is 0 Å². The highest BCUT2D eigenvalue weighted by Crippen LogP contribution is 2.34. The van der Waals surface area contributed by atoms with E-state index < -0.39 is 0 Å². The maximum Gasteiger partial charge on any atom is 0.262 e. The first-order valence-electron chi connectivity index (χ1n) is 11.9. The Morgan fingerprint density at radius 2 is 1.89 bits per heavy atom. The van der Waals surface area contributed by atoms with Gasteiger partial charge in [-0.3, -0.25) is 14.7 Å². The molecule has 35 heavy (non-hydrogen) atoms. The number of aryl methyl sites for hydroxylation is 1. The van der Waals surface area contributed by atoms with E-state index in [1.165, 1.54) is 10.3 Å². The molecule has 5 aromatic rings. The molecular formula is C29H24N4OS. The highest BCUT2D eigenvalue weighted by atomic mass is 32.1. The van der Waals surface area contributed by atoms with Gasteiger partial charge in [0, 0.05) is 10.9 Å². The Bertz CT molecular complexity index is 1620. The minimum Gasteiger partial charge on any atom is -0.295 e. The third-order valence-corrected chi connectivity index (χ3v) is 8.08. The summed E-state index contributed by atoms with van der Waals surface area (Å²) >= 11 is 1.62. The fourth-order valence-corrected chi connectivity index (χ4v) is 6.42. The van der Waals surface area contributed by atoms with E-state index in [1.807, 2.05) is 48.5 Å². The molecule has 2 heterocycles. The van der Waals surface area contributed by atoms with Crippen molar-refractivity contribution in [2.75, 3.05) is 0 Å². The Morgan fingerprint density at radius 1 is 1.09 bits per heavy atom. The fourth-order valence-electron chi connectivity index (χ4n) is 5.16. The van der Waals surface area contributed by atoms with Crippen LogP contribution < -0.4 is 10.9 Å². The van der Waals surface area contributed by atoms with Gasteiger partial charge >= 0.3 is 0 Å². The number of rotatable bonds is 5. The summed E-state index contributed by atoms with van der Waals surface area (Å²) in [6.07, 6.45) is 4.20. The Hall–Kier alpha value is -3.79. The third kappa shape index (κ3) is 4.03. The van der Waals surface area contributed by atoms with Crippen LogP contribution in [0.1, 0.15) is 34.0 Å². The van der Waals surface area contributed by atoms with Crippen LogP contribution in [0.3, 0.4) is 0 Å². The smallest absolute Gasteiger partial charge is 0.262 e. The Balaban J connectivity index is 1.29. The zero-order valence-electron chi connectivity index (χ0n) is 19.1. The molecule has 0 aliphatic heterocycles. The number of thiophene rings is 1. The number of nitriles is 1. The largest absolute Gasteiger partial charge is 0.295 e. The first-order valence-corrected chi connectivity index (χ1v) is 12.7. The van der Waals surface area contributed by atoms with Gasteiger partial charge in [0.15, 0.2) is 0 Å². The van der Waals surface area contributed by atoms with Crippen LogP contribution in [-0.4, -0.2) is 15.6 Å².